The van der Waals surface area contributed by atoms with Gasteiger partial charge in [0.1, 0.15) is 18.2 Å². The van der Waals surface area contributed by atoms with Crippen LogP contribution in [0.3, 0.4) is 0 Å². The Balaban J connectivity index is 1.91. The number of rotatable bonds is 4. The van der Waals surface area contributed by atoms with Gasteiger partial charge in [0.15, 0.2) is 0 Å². The maximum Gasteiger partial charge on any atom is 0.336 e. The zero-order valence-corrected chi connectivity index (χ0v) is 14.9. The number of aryl methyl sites for hydroxylation is 2. The van der Waals surface area contributed by atoms with Crippen LogP contribution < -0.4 is 10.9 Å². The molecule has 3 aromatic rings. The molecule has 3 rings (SSSR count). The van der Waals surface area contributed by atoms with Crippen molar-refractivity contribution in [2.75, 3.05) is 0 Å². The molecule has 1 atom stereocenters. The third-order valence-corrected chi connectivity index (χ3v) is 4.88. The SMILES string of the molecule is Cc1cc2oc(=O)cc(C[NH2+][C@H](C)c3ccccc3Cl)c2cc1C. The van der Waals surface area contributed by atoms with Gasteiger partial charge in [-0.05, 0) is 50.1 Å². The molecule has 0 spiro atoms. The minimum atomic E-state index is -0.306. The summed E-state index contributed by atoms with van der Waals surface area (Å²) in [4.78, 5) is 11.9. The van der Waals surface area contributed by atoms with Crippen molar-refractivity contribution in [3.05, 3.63) is 80.2 Å². The number of fused-ring (bicyclic) bond motifs is 1. The Bertz CT molecular complexity index is 946. The van der Waals surface area contributed by atoms with Gasteiger partial charge in [0.2, 0.25) is 0 Å². The predicted molar refractivity (Wildman–Crippen MR) is 97.5 cm³/mol. The van der Waals surface area contributed by atoms with E-state index < -0.39 is 0 Å². The Labute approximate surface area is 146 Å². The predicted octanol–water partition coefficient (Wildman–Crippen LogP) is 3.89. The van der Waals surface area contributed by atoms with Gasteiger partial charge in [0.05, 0.1) is 0 Å². The molecule has 4 heteroatoms. The molecule has 3 nitrogen and oxygen atoms in total. The van der Waals surface area contributed by atoms with Crippen LogP contribution in [-0.2, 0) is 6.54 Å². The van der Waals surface area contributed by atoms with Gasteiger partial charge in [-0.1, -0.05) is 29.8 Å². The van der Waals surface area contributed by atoms with Crippen LogP contribution in [-0.4, -0.2) is 0 Å². The van der Waals surface area contributed by atoms with E-state index in [1.54, 1.807) is 6.07 Å². The molecule has 0 saturated carbocycles. The van der Waals surface area contributed by atoms with Crippen molar-refractivity contribution in [2.24, 2.45) is 0 Å². The number of benzene rings is 2. The highest BCUT2D eigenvalue weighted by Crippen LogP contribution is 2.22. The van der Waals surface area contributed by atoms with Crippen molar-refractivity contribution < 1.29 is 9.73 Å². The van der Waals surface area contributed by atoms with Crippen LogP contribution >= 0.6 is 11.6 Å². The lowest BCUT2D eigenvalue weighted by Gasteiger charge is -2.13. The third kappa shape index (κ3) is 3.37. The zero-order valence-electron chi connectivity index (χ0n) is 14.1. The monoisotopic (exact) mass is 342 g/mol. The lowest BCUT2D eigenvalue weighted by Crippen LogP contribution is -2.83. The molecule has 0 fully saturated rings. The van der Waals surface area contributed by atoms with E-state index >= 15 is 0 Å². The van der Waals surface area contributed by atoms with E-state index in [9.17, 15) is 4.79 Å². The minimum absolute atomic E-state index is 0.201. The summed E-state index contributed by atoms with van der Waals surface area (Å²) in [6, 6.07) is 13.7. The summed E-state index contributed by atoms with van der Waals surface area (Å²) in [6.07, 6.45) is 0. The van der Waals surface area contributed by atoms with Gasteiger partial charge in [0.25, 0.3) is 0 Å². The van der Waals surface area contributed by atoms with Crippen molar-refractivity contribution in [1.29, 1.82) is 0 Å². The fraction of sp³-hybridized carbons (Fsp3) is 0.250. The van der Waals surface area contributed by atoms with E-state index in [-0.39, 0.29) is 11.7 Å². The number of quaternary nitrogens is 1. The van der Waals surface area contributed by atoms with E-state index in [0.29, 0.717) is 12.1 Å². The molecule has 0 bridgehead atoms. The topological polar surface area (TPSA) is 46.8 Å². The summed E-state index contributed by atoms with van der Waals surface area (Å²) in [6.45, 7) is 6.90. The summed E-state index contributed by atoms with van der Waals surface area (Å²) >= 11 is 6.27. The number of nitrogens with two attached hydrogens (primary N) is 1. The number of halogens is 1. The second kappa shape index (κ2) is 6.80. The molecule has 124 valence electrons. The molecule has 0 aliphatic heterocycles. The number of hydrogen-bond donors (Lipinski definition) is 1. The summed E-state index contributed by atoms with van der Waals surface area (Å²) in [7, 11) is 0. The minimum Gasteiger partial charge on any atom is -0.423 e. The molecule has 0 aliphatic carbocycles. The molecular formula is C20H21ClNO2+. The Morgan fingerprint density at radius 1 is 1.12 bits per heavy atom. The Hall–Kier alpha value is -2.10. The van der Waals surface area contributed by atoms with Crippen LogP contribution in [0.5, 0.6) is 0 Å². The van der Waals surface area contributed by atoms with Crippen LogP contribution in [0, 0.1) is 13.8 Å². The molecule has 2 aromatic carbocycles. The van der Waals surface area contributed by atoms with Crippen LogP contribution in [0.2, 0.25) is 5.02 Å². The molecule has 0 amide bonds. The highest BCUT2D eigenvalue weighted by atomic mass is 35.5. The van der Waals surface area contributed by atoms with Gasteiger partial charge in [-0.15, -0.1) is 0 Å². The molecular weight excluding hydrogens is 322 g/mol. The summed E-state index contributed by atoms with van der Waals surface area (Å²) < 4.78 is 5.36. The van der Waals surface area contributed by atoms with Crippen LogP contribution in [0.4, 0.5) is 0 Å². The van der Waals surface area contributed by atoms with Crippen LogP contribution in [0.15, 0.2) is 51.7 Å². The lowest BCUT2D eigenvalue weighted by atomic mass is 10.0. The highest BCUT2D eigenvalue weighted by molar-refractivity contribution is 6.31. The van der Waals surface area contributed by atoms with Gasteiger partial charge in [-0.3, -0.25) is 0 Å². The van der Waals surface area contributed by atoms with Crippen LogP contribution in [0.25, 0.3) is 11.0 Å². The van der Waals surface area contributed by atoms with Crippen LogP contribution in [0.1, 0.15) is 35.2 Å². The van der Waals surface area contributed by atoms with Gasteiger partial charge >= 0.3 is 5.63 Å². The molecule has 0 radical (unpaired) electrons. The Morgan fingerprint density at radius 3 is 2.58 bits per heavy atom. The zero-order chi connectivity index (χ0) is 17.3. The van der Waals surface area contributed by atoms with E-state index in [4.69, 9.17) is 16.0 Å². The van der Waals surface area contributed by atoms with Crippen molar-refractivity contribution in [3.63, 3.8) is 0 Å². The lowest BCUT2D eigenvalue weighted by molar-refractivity contribution is -0.707. The first kappa shape index (κ1) is 16.7. The van der Waals surface area contributed by atoms with Gasteiger partial charge in [-0.2, -0.15) is 0 Å². The average Bonchev–Trinajstić information content (AvgIpc) is 2.54. The van der Waals surface area contributed by atoms with Gasteiger partial charge < -0.3 is 9.73 Å². The van der Waals surface area contributed by atoms with E-state index in [1.807, 2.05) is 37.3 Å². The fourth-order valence-corrected chi connectivity index (χ4v) is 3.23. The largest absolute Gasteiger partial charge is 0.423 e. The molecule has 0 saturated heterocycles. The van der Waals surface area contributed by atoms with Gasteiger partial charge in [0, 0.05) is 27.6 Å². The van der Waals surface area contributed by atoms with E-state index in [1.165, 1.54) is 5.56 Å². The summed E-state index contributed by atoms with van der Waals surface area (Å²) in [5.41, 5.74) is 4.74. The van der Waals surface area contributed by atoms with Gasteiger partial charge in [-0.25, -0.2) is 4.79 Å². The van der Waals surface area contributed by atoms with Crippen molar-refractivity contribution in [3.8, 4) is 0 Å². The van der Waals surface area contributed by atoms with Crippen molar-refractivity contribution >= 4 is 22.6 Å². The normalized spacial score (nSPS) is 12.5. The Kier molecular flexibility index (Phi) is 4.74. The average molecular weight is 343 g/mol. The molecule has 2 N–H and O–H groups in total. The molecule has 1 aromatic heterocycles. The number of hydrogen-bond acceptors (Lipinski definition) is 2. The molecule has 1 heterocycles. The first-order valence-corrected chi connectivity index (χ1v) is 8.45. The first-order chi connectivity index (χ1) is 11.5. The second-order valence-corrected chi connectivity index (χ2v) is 6.68. The summed E-state index contributed by atoms with van der Waals surface area (Å²) in [5, 5.41) is 3.95. The summed E-state index contributed by atoms with van der Waals surface area (Å²) in [5.74, 6) is 0. The smallest absolute Gasteiger partial charge is 0.336 e. The van der Waals surface area contributed by atoms with E-state index in [0.717, 1.165) is 27.1 Å². The standard InChI is InChI=1S/C20H20ClNO2/c1-12-8-17-15(10-20(23)24-19(17)9-13(12)2)11-22-14(3)16-6-4-5-7-18(16)21/h4-10,14,22H,11H2,1-3H3/p+1/t14-/m1/s1. The quantitative estimate of drug-likeness (QED) is 0.731. The molecule has 0 unspecified atom stereocenters. The fourth-order valence-electron chi connectivity index (χ4n) is 2.93. The van der Waals surface area contributed by atoms with Crippen molar-refractivity contribution in [1.82, 2.24) is 0 Å². The molecule has 24 heavy (non-hydrogen) atoms. The first-order valence-electron chi connectivity index (χ1n) is 8.07. The maximum absolute atomic E-state index is 11.9. The highest BCUT2D eigenvalue weighted by Gasteiger charge is 2.14. The molecule has 0 aliphatic rings. The third-order valence-electron chi connectivity index (χ3n) is 4.53. The van der Waals surface area contributed by atoms with E-state index in [2.05, 4.69) is 25.2 Å². The Morgan fingerprint density at radius 2 is 1.83 bits per heavy atom. The second-order valence-electron chi connectivity index (χ2n) is 6.27. The van der Waals surface area contributed by atoms with Crippen molar-refractivity contribution in [2.45, 2.75) is 33.4 Å². The maximum atomic E-state index is 11.9.